The van der Waals surface area contributed by atoms with Gasteiger partial charge in [0.15, 0.2) is 0 Å². The molecule has 1 fully saturated rings. The van der Waals surface area contributed by atoms with Crippen molar-refractivity contribution in [1.29, 1.82) is 0 Å². The van der Waals surface area contributed by atoms with Crippen molar-refractivity contribution in [1.82, 2.24) is 4.90 Å². The highest BCUT2D eigenvalue weighted by Gasteiger charge is 2.39. The zero-order valence-corrected chi connectivity index (χ0v) is 13.3. The number of carboxylic acid groups (broad SMARTS) is 1. The van der Waals surface area contributed by atoms with Gasteiger partial charge in [-0.05, 0) is 24.6 Å². The van der Waals surface area contributed by atoms with Gasteiger partial charge in [-0.1, -0.05) is 23.2 Å². The van der Waals surface area contributed by atoms with Crippen molar-refractivity contribution in [3.05, 3.63) is 28.2 Å². The summed E-state index contributed by atoms with van der Waals surface area (Å²) in [4.78, 5) is 37.7. The summed E-state index contributed by atoms with van der Waals surface area (Å²) in [5.41, 5.74) is 0.454. The lowest BCUT2D eigenvalue weighted by Gasteiger charge is -2.20. The summed E-state index contributed by atoms with van der Waals surface area (Å²) in [6, 6.07) is 4.75. The maximum absolute atomic E-state index is 12.4. The van der Waals surface area contributed by atoms with E-state index in [-0.39, 0.29) is 0 Å². The van der Waals surface area contributed by atoms with Crippen LogP contribution in [0.4, 0.5) is 5.69 Å². The second-order valence-electron chi connectivity index (χ2n) is 5.01. The third-order valence-electron chi connectivity index (χ3n) is 3.45. The Balaban J connectivity index is 2.17. The lowest BCUT2D eigenvalue weighted by molar-refractivity contribution is -0.146. The van der Waals surface area contributed by atoms with E-state index in [2.05, 4.69) is 0 Å². The van der Waals surface area contributed by atoms with Gasteiger partial charge in [-0.25, -0.2) is 0 Å². The van der Waals surface area contributed by atoms with E-state index in [1.54, 1.807) is 18.2 Å². The molecule has 1 aromatic carbocycles. The number of anilines is 1. The fourth-order valence-corrected chi connectivity index (χ4v) is 2.77. The molecule has 1 aromatic rings. The molecule has 118 valence electrons. The number of carbonyl (C=O) groups excluding carboxylic acids is 2. The highest BCUT2D eigenvalue weighted by Crippen LogP contribution is 2.33. The van der Waals surface area contributed by atoms with Crippen LogP contribution < -0.4 is 4.90 Å². The van der Waals surface area contributed by atoms with E-state index >= 15 is 0 Å². The van der Waals surface area contributed by atoms with E-state index < -0.39 is 30.2 Å². The molecule has 0 saturated carbocycles. The monoisotopic (exact) mass is 344 g/mol. The van der Waals surface area contributed by atoms with Crippen molar-refractivity contribution in [3.63, 3.8) is 0 Å². The quantitative estimate of drug-likeness (QED) is 0.846. The zero-order chi connectivity index (χ0) is 16.4. The molecule has 22 heavy (non-hydrogen) atoms. The average Bonchev–Trinajstić information content (AvgIpc) is 2.81. The molecule has 8 heteroatoms. The molecule has 1 heterocycles. The normalized spacial score (nSPS) is 17.7. The fraction of sp³-hybridized carbons (Fsp3) is 0.357. The third-order valence-corrected chi connectivity index (χ3v) is 4.01. The van der Waals surface area contributed by atoms with Gasteiger partial charge >= 0.3 is 5.97 Å². The molecule has 2 rings (SSSR count). The van der Waals surface area contributed by atoms with Gasteiger partial charge in [0.05, 0.1) is 10.7 Å². The van der Waals surface area contributed by atoms with E-state index in [4.69, 9.17) is 28.3 Å². The molecule has 1 unspecified atom stereocenters. The largest absolute Gasteiger partial charge is 0.480 e. The summed E-state index contributed by atoms with van der Waals surface area (Å²) in [6.45, 7) is -0.114. The van der Waals surface area contributed by atoms with Crippen molar-refractivity contribution >= 4 is 46.7 Å². The summed E-state index contributed by atoms with van der Waals surface area (Å²) in [5.74, 6) is -2.92. The molecule has 0 bridgehead atoms. The van der Waals surface area contributed by atoms with E-state index in [0.717, 1.165) is 4.90 Å². The minimum atomic E-state index is -1.13. The molecular formula is C14H14Cl2N2O4. The number of carboxylic acids is 1. The molecule has 0 radical (unpaired) electrons. The van der Waals surface area contributed by atoms with Crippen LogP contribution in [0.3, 0.4) is 0 Å². The predicted octanol–water partition coefficient (Wildman–Crippen LogP) is 1.89. The van der Waals surface area contributed by atoms with Gasteiger partial charge in [-0.2, -0.15) is 0 Å². The summed E-state index contributed by atoms with van der Waals surface area (Å²) in [5, 5.41) is 9.52. The van der Waals surface area contributed by atoms with Crippen LogP contribution in [0.2, 0.25) is 10.0 Å². The van der Waals surface area contributed by atoms with E-state index in [9.17, 15) is 14.4 Å². The number of benzene rings is 1. The smallest absolute Gasteiger partial charge is 0.323 e. The molecule has 0 aliphatic carbocycles. The van der Waals surface area contributed by atoms with Gasteiger partial charge in [-0.15, -0.1) is 0 Å². The Labute approximate surface area is 137 Å². The highest BCUT2D eigenvalue weighted by molar-refractivity contribution is 6.36. The lowest BCUT2D eigenvalue weighted by Crippen LogP contribution is -2.40. The summed E-state index contributed by atoms with van der Waals surface area (Å²) < 4.78 is 0. The van der Waals surface area contributed by atoms with Gasteiger partial charge in [-0.3, -0.25) is 14.4 Å². The molecular weight excluding hydrogens is 331 g/mol. The van der Waals surface area contributed by atoms with Crippen LogP contribution in [0, 0.1) is 5.92 Å². The number of carbonyl (C=O) groups is 3. The Morgan fingerprint density at radius 3 is 2.73 bits per heavy atom. The van der Waals surface area contributed by atoms with Crippen LogP contribution in [0.15, 0.2) is 18.2 Å². The van der Waals surface area contributed by atoms with E-state index in [1.165, 1.54) is 11.9 Å². The van der Waals surface area contributed by atoms with Crippen LogP contribution in [-0.2, 0) is 14.4 Å². The van der Waals surface area contributed by atoms with Crippen molar-refractivity contribution in [3.8, 4) is 0 Å². The van der Waals surface area contributed by atoms with Gasteiger partial charge in [0.25, 0.3) is 0 Å². The SMILES string of the molecule is CN(CC(=O)O)C(=O)C1CCN(c2cc(Cl)ccc2Cl)C1=O. The third kappa shape index (κ3) is 3.34. The van der Waals surface area contributed by atoms with Crippen molar-refractivity contribution in [2.24, 2.45) is 5.92 Å². The zero-order valence-electron chi connectivity index (χ0n) is 11.8. The van der Waals surface area contributed by atoms with Crippen LogP contribution in [0.1, 0.15) is 6.42 Å². The molecule has 1 aliphatic rings. The van der Waals surface area contributed by atoms with Crippen molar-refractivity contribution in [2.75, 3.05) is 25.0 Å². The first-order valence-corrected chi connectivity index (χ1v) is 7.30. The van der Waals surface area contributed by atoms with Crippen LogP contribution >= 0.6 is 23.2 Å². The predicted molar refractivity (Wildman–Crippen MR) is 82.2 cm³/mol. The number of likely N-dealkylation sites (N-methyl/N-ethyl adjacent to an activating group) is 1. The van der Waals surface area contributed by atoms with Crippen LogP contribution in [0.5, 0.6) is 0 Å². The molecule has 1 saturated heterocycles. The van der Waals surface area contributed by atoms with Crippen molar-refractivity contribution < 1.29 is 19.5 Å². The summed E-state index contributed by atoms with van der Waals surface area (Å²) in [6.07, 6.45) is 0.310. The number of aliphatic carboxylic acids is 1. The number of nitrogens with zero attached hydrogens (tertiary/aromatic N) is 2. The van der Waals surface area contributed by atoms with E-state index in [1.807, 2.05) is 0 Å². The minimum absolute atomic E-state index is 0.310. The molecule has 1 N–H and O–H groups in total. The topological polar surface area (TPSA) is 77.9 Å². The first-order chi connectivity index (χ1) is 10.3. The first-order valence-electron chi connectivity index (χ1n) is 6.54. The second-order valence-corrected chi connectivity index (χ2v) is 5.86. The maximum atomic E-state index is 12.4. The first kappa shape index (κ1) is 16.6. The van der Waals surface area contributed by atoms with Gasteiger partial charge < -0.3 is 14.9 Å². The number of hydrogen-bond donors (Lipinski definition) is 1. The summed E-state index contributed by atoms with van der Waals surface area (Å²) in [7, 11) is 1.36. The highest BCUT2D eigenvalue weighted by atomic mass is 35.5. The Morgan fingerprint density at radius 1 is 1.41 bits per heavy atom. The molecule has 1 aliphatic heterocycles. The fourth-order valence-electron chi connectivity index (χ4n) is 2.39. The van der Waals surface area contributed by atoms with Crippen LogP contribution in [0.25, 0.3) is 0 Å². The second kappa shape index (κ2) is 6.54. The summed E-state index contributed by atoms with van der Waals surface area (Å²) >= 11 is 12.0. The van der Waals surface area contributed by atoms with Crippen LogP contribution in [-0.4, -0.2) is 47.9 Å². The Morgan fingerprint density at radius 2 is 2.09 bits per heavy atom. The van der Waals surface area contributed by atoms with Crippen molar-refractivity contribution in [2.45, 2.75) is 6.42 Å². The minimum Gasteiger partial charge on any atom is -0.480 e. The number of amides is 2. The lowest BCUT2D eigenvalue weighted by atomic mass is 10.1. The molecule has 6 nitrogen and oxygen atoms in total. The molecule has 0 aromatic heterocycles. The number of halogens is 2. The molecule has 1 atom stereocenters. The Hall–Kier alpha value is -1.79. The number of hydrogen-bond acceptors (Lipinski definition) is 3. The van der Waals surface area contributed by atoms with Gasteiger partial charge in [0, 0.05) is 18.6 Å². The Bertz CT molecular complexity index is 635. The Kier molecular flexibility index (Phi) is 4.93. The van der Waals surface area contributed by atoms with E-state index in [0.29, 0.717) is 28.7 Å². The maximum Gasteiger partial charge on any atom is 0.323 e. The standard InChI is InChI=1S/C14H14Cl2N2O4/c1-17(7-12(19)20)13(21)9-4-5-18(14(9)22)11-6-8(15)2-3-10(11)16/h2-3,6,9H,4-5,7H2,1H3,(H,19,20). The molecule has 0 spiro atoms. The number of rotatable bonds is 4. The van der Waals surface area contributed by atoms with Gasteiger partial charge in [0.1, 0.15) is 12.5 Å². The molecule has 2 amide bonds. The average molecular weight is 345 g/mol. The van der Waals surface area contributed by atoms with Gasteiger partial charge in [0.2, 0.25) is 11.8 Å².